The Balaban J connectivity index is 1.78. The van der Waals surface area contributed by atoms with E-state index >= 15 is 0 Å². The monoisotopic (exact) mass is 210 g/mol. The highest BCUT2D eigenvalue weighted by Crippen LogP contribution is 2.51. The van der Waals surface area contributed by atoms with Gasteiger partial charge in [0.25, 0.3) is 0 Å². The molecule has 2 fully saturated rings. The summed E-state index contributed by atoms with van der Waals surface area (Å²) in [5.74, 6) is 0. The molecule has 15 heavy (non-hydrogen) atoms. The number of likely N-dealkylation sites (tertiary alicyclic amines) is 1. The van der Waals surface area contributed by atoms with Crippen LogP contribution in [0.15, 0.2) is 0 Å². The predicted octanol–water partition coefficient (Wildman–Crippen LogP) is 2.20. The molecule has 0 radical (unpaired) electrons. The quantitative estimate of drug-likeness (QED) is 0.689. The van der Waals surface area contributed by atoms with Crippen LogP contribution in [-0.4, -0.2) is 48.1 Å². The second-order valence-corrected chi connectivity index (χ2v) is 6.66. The van der Waals surface area contributed by atoms with E-state index in [1.54, 1.807) is 0 Å². The van der Waals surface area contributed by atoms with E-state index in [9.17, 15) is 0 Å². The summed E-state index contributed by atoms with van der Waals surface area (Å²) in [5.41, 5.74) is 1.09. The predicted molar refractivity (Wildman–Crippen MR) is 65.1 cm³/mol. The van der Waals surface area contributed by atoms with Gasteiger partial charge in [-0.2, -0.15) is 0 Å². The summed E-state index contributed by atoms with van der Waals surface area (Å²) < 4.78 is 0. The minimum absolute atomic E-state index is 0.382. The highest BCUT2D eigenvalue weighted by atomic mass is 15.3. The van der Waals surface area contributed by atoms with E-state index in [1.165, 1.54) is 32.5 Å². The van der Waals surface area contributed by atoms with Crippen LogP contribution in [0.1, 0.15) is 40.5 Å². The van der Waals surface area contributed by atoms with E-state index in [-0.39, 0.29) is 0 Å². The molecular formula is C13H26N2. The van der Waals surface area contributed by atoms with Gasteiger partial charge in [-0.05, 0) is 52.6 Å². The first kappa shape index (κ1) is 11.4. The molecule has 1 saturated carbocycles. The molecule has 1 saturated heterocycles. The second-order valence-electron chi connectivity index (χ2n) is 6.66. The third-order valence-corrected chi connectivity index (χ3v) is 4.46. The smallest absolute Gasteiger partial charge is 0.0125 e. The highest BCUT2D eigenvalue weighted by Gasteiger charge is 2.54. The minimum Gasteiger partial charge on any atom is -0.304 e. The summed E-state index contributed by atoms with van der Waals surface area (Å²) in [6.45, 7) is 13.1. The molecule has 1 spiro atoms. The first-order valence-corrected chi connectivity index (χ1v) is 6.32. The molecule has 0 amide bonds. The van der Waals surface area contributed by atoms with Crippen molar-refractivity contribution < 1.29 is 0 Å². The zero-order chi connectivity index (χ0) is 11.3. The van der Waals surface area contributed by atoms with Crippen LogP contribution in [-0.2, 0) is 0 Å². The number of rotatable bonds is 2. The number of hydrogen-bond acceptors (Lipinski definition) is 2. The Kier molecular flexibility index (Phi) is 2.63. The molecule has 88 valence electrons. The molecule has 2 rings (SSSR count). The van der Waals surface area contributed by atoms with Crippen LogP contribution in [0.4, 0.5) is 0 Å². The topological polar surface area (TPSA) is 6.48 Å². The summed E-state index contributed by atoms with van der Waals surface area (Å²) in [6.07, 6.45) is 2.87. The Hall–Kier alpha value is -0.0800. The zero-order valence-corrected chi connectivity index (χ0v) is 11.0. The minimum atomic E-state index is 0.382. The molecule has 1 heterocycles. The van der Waals surface area contributed by atoms with Gasteiger partial charge >= 0.3 is 0 Å². The van der Waals surface area contributed by atoms with Gasteiger partial charge in [0.15, 0.2) is 0 Å². The summed E-state index contributed by atoms with van der Waals surface area (Å²) in [5, 5.41) is 0. The van der Waals surface area contributed by atoms with Gasteiger partial charge in [-0.3, -0.25) is 4.90 Å². The highest BCUT2D eigenvalue weighted by molar-refractivity contribution is 5.09. The molecule has 0 aromatic heterocycles. The van der Waals surface area contributed by atoms with Crippen LogP contribution in [0, 0.1) is 5.41 Å². The van der Waals surface area contributed by atoms with Crippen molar-refractivity contribution in [2.45, 2.75) is 52.1 Å². The van der Waals surface area contributed by atoms with E-state index in [0.29, 0.717) is 11.0 Å². The lowest BCUT2D eigenvalue weighted by Gasteiger charge is -2.64. The van der Waals surface area contributed by atoms with E-state index in [1.807, 2.05) is 0 Å². The summed E-state index contributed by atoms with van der Waals surface area (Å²) in [7, 11) is 2.26. The maximum absolute atomic E-state index is 2.62. The fraction of sp³-hybridized carbons (Fsp3) is 1.00. The third-order valence-electron chi connectivity index (χ3n) is 4.46. The molecule has 0 atom stereocenters. The molecule has 1 aliphatic heterocycles. The van der Waals surface area contributed by atoms with Gasteiger partial charge in [-0.1, -0.05) is 6.92 Å². The Bertz CT molecular complexity index is 227. The van der Waals surface area contributed by atoms with Crippen LogP contribution in [0.2, 0.25) is 0 Å². The van der Waals surface area contributed by atoms with Crippen molar-refractivity contribution in [2.24, 2.45) is 5.41 Å². The molecule has 2 nitrogen and oxygen atoms in total. The van der Waals surface area contributed by atoms with Crippen molar-refractivity contribution in [3.63, 3.8) is 0 Å². The largest absolute Gasteiger partial charge is 0.304 e. The van der Waals surface area contributed by atoms with Crippen LogP contribution >= 0.6 is 0 Å². The summed E-state index contributed by atoms with van der Waals surface area (Å²) in [4.78, 5) is 5.13. The second kappa shape index (κ2) is 3.46. The fourth-order valence-electron chi connectivity index (χ4n) is 3.01. The molecule has 0 unspecified atom stereocenters. The van der Waals surface area contributed by atoms with E-state index in [2.05, 4.69) is 44.5 Å². The zero-order valence-electron chi connectivity index (χ0n) is 11.0. The number of nitrogens with zero attached hydrogens (tertiary/aromatic N) is 2. The van der Waals surface area contributed by atoms with Gasteiger partial charge in [-0.25, -0.2) is 0 Å². The van der Waals surface area contributed by atoms with Gasteiger partial charge in [-0.15, -0.1) is 0 Å². The Labute approximate surface area is 94.6 Å². The molecule has 0 aromatic carbocycles. The van der Waals surface area contributed by atoms with Crippen LogP contribution < -0.4 is 0 Å². The standard InChI is InChI=1S/C13H26N2/c1-6-14(5)11-7-13(8-11)9-15(10-13)12(2,3)4/h11H,6-10H2,1-5H3. The normalized spacial score (nSPS) is 26.8. The Morgan fingerprint density at radius 3 is 2.20 bits per heavy atom. The van der Waals surface area contributed by atoms with E-state index < -0.39 is 0 Å². The molecule has 2 heteroatoms. The molecule has 0 N–H and O–H groups in total. The van der Waals surface area contributed by atoms with Crippen molar-refractivity contribution in [3.8, 4) is 0 Å². The molecule has 0 bridgehead atoms. The van der Waals surface area contributed by atoms with Gasteiger partial charge in [0.1, 0.15) is 0 Å². The number of hydrogen-bond donors (Lipinski definition) is 0. The van der Waals surface area contributed by atoms with E-state index in [0.717, 1.165) is 6.04 Å². The maximum Gasteiger partial charge on any atom is 0.0125 e. The van der Waals surface area contributed by atoms with Crippen molar-refractivity contribution in [1.29, 1.82) is 0 Å². The van der Waals surface area contributed by atoms with Crippen LogP contribution in [0.25, 0.3) is 0 Å². The lowest BCUT2D eigenvalue weighted by atomic mass is 9.59. The maximum atomic E-state index is 2.62. The van der Waals surface area contributed by atoms with Crippen molar-refractivity contribution in [1.82, 2.24) is 9.80 Å². The van der Waals surface area contributed by atoms with Gasteiger partial charge in [0, 0.05) is 24.7 Å². The first-order chi connectivity index (χ1) is 6.86. The summed E-state index contributed by atoms with van der Waals surface area (Å²) in [6, 6.07) is 0.872. The lowest BCUT2D eigenvalue weighted by Crippen LogP contribution is -2.69. The van der Waals surface area contributed by atoms with Crippen LogP contribution in [0.3, 0.4) is 0 Å². The van der Waals surface area contributed by atoms with Crippen molar-refractivity contribution in [3.05, 3.63) is 0 Å². The van der Waals surface area contributed by atoms with Crippen LogP contribution in [0.5, 0.6) is 0 Å². The average Bonchev–Trinajstić information content (AvgIpc) is 1.95. The summed E-state index contributed by atoms with van der Waals surface area (Å²) >= 11 is 0. The Morgan fingerprint density at radius 1 is 1.27 bits per heavy atom. The molecule has 2 aliphatic rings. The molecule has 0 aromatic rings. The lowest BCUT2D eigenvalue weighted by molar-refractivity contribution is -0.135. The van der Waals surface area contributed by atoms with Crippen molar-refractivity contribution >= 4 is 0 Å². The van der Waals surface area contributed by atoms with Crippen molar-refractivity contribution in [2.75, 3.05) is 26.7 Å². The van der Waals surface area contributed by atoms with Gasteiger partial charge in [0.05, 0.1) is 0 Å². The third kappa shape index (κ3) is 1.94. The molecular weight excluding hydrogens is 184 g/mol. The average molecular weight is 210 g/mol. The first-order valence-electron chi connectivity index (χ1n) is 6.32. The Morgan fingerprint density at radius 2 is 1.80 bits per heavy atom. The fourth-order valence-corrected chi connectivity index (χ4v) is 3.01. The van der Waals surface area contributed by atoms with Gasteiger partial charge < -0.3 is 4.90 Å². The SMILES string of the molecule is CCN(C)C1CC2(C1)CN(C(C)(C)C)C2. The van der Waals surface area contributed by atoms with Gasteiger partial charge in [0.2, 0.25) is 0 Å². The molecule has 1 aliphatic carbocycles. The van der Waals surface area contributed by atoms with E-state index in [4.69, 9.17) is 0 Å².